The van der Waals surface area contributed by atoms with E-state index in [0.29, 0.717) is 24.2 Å². The first-order chi connectivity index (χ1) is 18.2. The van der Waals surface area contributed by atoms with Crippen molar-refractivity contribution in [2.45, 2.75) is 91.0 Å². The minimum absolute atomic E-state index is 0.00757. The van der Waals surface area contributed by atoms with Crippen LogP contribution in [-0.4, -0.2) is 76.2 Å². The van der Waals surface area contributed by atoms with Crippen LogP contribution in [0.4, 0.5) is 4.79 Å². The predicted molar refractivity (Wildman–Crippen MR) is 152 cm³/mol. The van der Waals surface area contributed by atoms with Crippen molar-refractivity contribution in [1.82, 2.24) is 15.5 Å². The molecule has 0 spiro atoms. The minimum Gasteiger partial charge on any atom is -0.508 e. The highest BCUT2D eigenvalue weighted by Crippen LogP contribution is 2.33. The maximum atomic E-state index is 14.3. The fourth-order valence-corrected chi connectivity index (χ4v) is 4.26. The van der Waals surface area contributed by atoms with Gasteiger partial charge in [0.15, 0.2) is 0 Å². The normalized spacial score (nSPS) is 13.1. The fourth-order valence-electron chi connectivity index (χ4n) is 3.79. The zero-order chi connectivity index (χ0) is 29.8. The Morgan fingerprint density at radius 2 is 1.77 bits per heavy atom. The van der Waals surface area contributed by atoms with Gasteiger partial charge in [-0.3, -0.25) is 14.4 Å². The van der Waals surface area contributed by atoms with Crippen molar-refractivity contribution in [3.05, 3.63) is 29.8 Å². The molecule has 0 aromatic heterocycles. The van der Waals surface area contributed by atoms with Crippen LogP contribution in [0.15, 0.2) is 24.3 Å². The lowest BCUT2D eigenvalue weighted by Gasteiger charge is -2.44. The molecule has 2 unspecified atom stereocenters. The molecule has 2 atom stereocenters. The highest BCUT2D eigenvalue weighted by atomic mass is 32.2. The Kier molecular flexibility index (Phi) is 13.6. The van der Waals surface area contributed by atoms with Gasteiger partial charge in [0, 0.05) is 12.1 Å². The molecule has 0 saturated carbocycles. The summed E-state index contributed by atoms with van der Waals surface area (Å²) in [7, 11) is 0. The number of benzene rings is 1. The van der Waals surface area contributed by atoms with Crippen LogP contribution in [0, 0.1) is 0 Å². The zero-order valence-corrected chi connectivity index (χ0v) is 25.3. The Balaban J connectivity index is 3.53. The minimum atomic E-state index is -1.15. The first-order valence-electron chi connectivity index (χ1n) is 13.2. The van der Waals surface area contributed by atoms with Crippen molar-refractivity contribution < 1.29 is 33.8 Å². The number of hydrogen-bond acceptors (Lipinski definition) is 8. The number of phenols is 1. The summed E-state index contributed by atoms with van der Waals surface area (Å²) in [6, 6.07) is 4.03. The van der Waals surface area contributed by atoms with E-state index in [2.05, 4.69) is 10.6 Å². The summed E-state index contributed by atoms with van der Waals surface area (Å²) in [6.07, 6.45) is 1.94. The topological polar surface area (TPSA) is 134 Å². The molecule has 3 amide bonds. The lowest BCUT2D eigenvalue weighted by molar-refractivity contribution is -0.149. The van der Waals surface area contributed by atoms with Gasteiger partial charge in [-0.2, -0.15) is 11.8 Å². The number of aromatic hydroxyl groups is 1. The number of alkyl carbamates (subject to hydrolysis) is 1. The number of phenolic OH excluding ortho intramolecular Hbond substituents is 1. The van der Waals surface area contributed by atoms with Crippen LogP contribution in [0.1, 0.15) is 79.3 Å². The Hall–Kier alpha value is -2.95. The molecule has 11 heteroatoms. The second-order valence-electron chi connectivity index (χ2n) is 10.7. The van der Waals surface area contributed by atoms with Crippen LogP contribution < -0.4 is 10.6 Å². The van der Waals surface area contributed by atoms with Crippen LogP contribution in [0.2, 0.25) is 0 Å². The Morgan fingerprint density at radius 1 is 1.10 bits per heavy atom. The molecule has 220 valence electrons. The van der Waals surface area contributed by atoms with Crippen LogP contribution in [0.5, 0.6) is 5.75 Å². The molecule has 10 nitrogen and oxygen atoms in total. The van der Waals surface area contributed by atoms with E-state index in [4.69, 9.17) is 9.47 Å². The van der Waals surface area contributed by atoms with Crippen molar-refractivity contribution in [2.24, 2.45) is 0 Å². The average molecular weight is 568 g/mol. The van der Waals surface area contributed by atoms with Gasteiger partial charge in [-0.1, -0.05) is 19.1 Å². The monoisotopic (exact) mass is 567 g/mol. The summed E-state index contributed by atoms with van der Waals surface area (Å²) < 4.78 is 10.4. The number of thioether (sulfide) groups is 1. The SMILES string of the molecule is CCOC(=O)CCNC(=O)C(c1cccc(O)c1)N(C(=O)C(CCSC)NC(=O)OC(C)(C)C)C(C)(C)CC. The first kappa shape index (κ1) is 34.1. The molecular formula is C28H45N3O7S. The fraction of sp³-hybridized carbons (Fsp3) is 0.643. The summed E-state index contributed by atoms with van der Waals surface area (Å²) in [5, 5.41) is 15.7. The second-order valence-corrected chi connectivity index (χ2v) is 11.7. The van der Waals surface area contributed by atoms with E-state index in [1.165, 1.54) is 28.8 Å². The summed E-state index contributed by atoms with van der Waals surface area (Å²) in [5.74, 6) is -0.928. The number of carbonyl (C=O) groups is 4. The number of esters is 1. The first-order valence-corrected chi connectivity index (χ1v) is 14.6. The van der Waals surface area contributed by atoms with Crippen molar-refractivity contribution in [3.8, 4) is 5.75 Å². The summed E-state index contributed by atoms with van der Waals surface area (Å²) in [5.41, 5.74) is -1.21. The van der Waals surface area contributed by atoms with E-state index >= 15 is 0 Å². The van der Waals surface area contributed by atoms with E-state index in [-0.39, 0.29) is 25.3 Å². The van der Waals surface area contributed by atoms with Crippen LogP contribution in [0.3, 0.4) is 0 Å². The van der Waals surface area contributed by atoms with Gasteiger partial charge >= 0.3 is 12.1 Å². The maximum Gasteiger partial charge on any atom is 0.408 e. The third kappa shape index (κ3) is 11.4. The van der Waals surface area contributed by atoms with Crippen LogP contribution in [0.25, 0.3) is 0 Å². The number of nitrogens with zero attached hydrogens (tertiary/aromatic N) is 1. The number of rotatable bonds is 14. The van der Waals surface area contributed by atoms with E-state index in [1.807, 2.05) is 27.0 Å². The Bertz CT molecular complexity index is 978. The average Bonchev–Trinajstić information content (AvgIpc) is 2.83. The van der Waals surface area contributed by atoms with Gasteiger partial charge in [0.2, 0.25) is 11.8 Å². The maximum absolute atomic E-state index is 14.3. The van der Waals surface area contributed by atoms with Crippen molar-refractivity contribution in [2.75, 3.05) is 25.2 Å². The molecule has 0 radical (unpaired) electrons. The second kappa shape index (κ2) is 15.6. The molecule has 1 rings (SSSR count). The molecular weight excluding hydrogens is 522 g/mol. The van der Waals surface area contributed by atoms with Crippen molar-refractivity contribution >= 4 is 35.6 Å². The third-order valence-electron chi connectivity index (χ3n) is 5.98. The van der Waals surface area contributed by atoms with E-state index in [9.17, 15) is 24.3 Å². The number of carbonyl (C=O) groups excluding carboxylic acids is 4. The highest BCUT2D eigenvalue weighted by Gasteiger charge is 2.43. The molecule has 0 aliphatic carbocycles. The summed E-state index contributed by atoms with van der Waals surface area (Å²) in [4.78, 5) is 53.9. The standard InChI is InChI=1S/C28H45N3O7S/c1-9-28(6,7)31(25(35)21(15-17-39-8)30-26(36)38-27(3,4)5)23(19-12-11-13-20(32)18-19)24(34)29-16-14-22(33)37-10-2/h11-13,18,21,23,32H,9-10,14-17H2,1-8H3,(H,29,34)(H,30,36). The van der Waals surface area contributed by atoms with Gasteiger partial charge in [-0.15, -0.1) is 0 Å². The molecule has 0 aliphatic heterocycles. The molecule has 0 heterocycles. The number of ether oxygens (including phenoxy) is 2. The molecule has 0 bridgehead atoms. The van der Waals surface area contributed by atoms with Gasteiger partial charge in [0.25, 0.3) is 0 Å². The number of hydrogen-bond donors (Lipinski definition) is 3. The molecule has 1 aromatic carbocycles. The highest BCUT2D eigenvalue weighted by molar-refractivity contribution is 7.98. The van der Waals surface area contributed by atoms with Gasteiger partial charge in [-0.05, 0) is 84.1 Å². The quantitative estimate of drug-likeness (QED) is 0.285. The van der Waals surface area contributed by atoms with E-state index in [0.717, 1.165) is 0 Å². The number of nitrogens with one attached hydrogen (secondary N) is 2. The third-order valence-corrected chi connectivity index (χ3v) is 6.62. The Labute approximate surface area is 236 Å². The van der Waals surface area contributed by atoms with Crippen molar-refractivity contribution in [1.29, 1.82) is 0 Å². The van der Waals surface area contributed by atoms with Crippen molar-refractivity contribution in [3.63, 3.8) is 0 Å². The smallest absolute Gasteiger partial charge is 0.408 e. The molecule has 1 aromatic rings. The summed E-state index contributed by atoms with van der Waals surface area (Å²) >= 11 is 1.52. The number of amides is 3. The molecule has 0 saturated heterocycles. The molecule has 0 aliphatic rings. The lowest BCUT2D eigenvalue weighted by atomic mass is 9.91. The molecule has 3 N–H and O–H groups in total. The van der Waals surface area contributed by atoms with Crippen LogP contribution >= 0.6 is 11.8 Å². The predicted octanol–water partition coefficient (Wildman–Crippen LogP) is 4.17. The van der Waals surface area contributed by atoms with Crippen LogP contribution in [-0.2, 0) is 23.9 Å². The largest absolute Gasteiger partial charge is 0.508 e. The lowest BCUT2D eigenvalue weighted by Crippen LogP contribution is -2.59. The van der Waals surface area contributed by atoms with Gasteiger partial charge < -0.3 is 30.1 Å². The van der Waals surface area contributed by atoms with E-state index < -0.39 is 47.1 Å². The van der Waals surface area contributed by atoms with Gasteiger partial charge in [0.05, 0.1) is 13.0 Å². The van der Waals surface area contributed by atoms with E-state index in [1.54, 1.807) is 39.8 Å². The Morgan fingerprint density at radius 3 is 2.31 bits per heavy atom. The van der Waals surface area contributed by atoms with Gasteiger partial charge in [0.1, 0.15) is 23.4 Å². The molecule has 39 heavy (non-hydrogen) atoms. The summed E-state index contributed by atoms with van der Waals surface area (Å²) in [6.45, 7) is 12.7. The van der Waals surface area contributed by atoms with Gasteiger partial charge in [-0.25, -0.2) is 4.79 Å². The zero-order valence-electron chi connectivity index (χ0n) is 24.5. The molecule has 0 fully saturated rings.